The van der Waals surface area contributed by atoms with Gasteiger partial charge in [0.2, 0.25) is 5.91 Å². The van der Waals surface area contributed by atoms with Crippen molar-refractivity contribution >= 4 is 11.9 Å². The fraction of sp³-hybridized carbons (Fsp3) is 0.579. The predicted octanol–water partition coefficient (Wildman–Crippen LogP) is 2.16. The number of carboxylic acids is 1. The van der Waals surface area contributed by atoms with Gasteiger partial charge in [-0.25, -0.2) is 0 Å². The van der Waals surface area contributed by atoms with E-state index in [1.54, 1.807) is 0 Å². The van der Waals surface area contributed by atoms with E-state index in [4.69, 9.17) is 9.84 Å². The molecule has 0 radical (unpaired) electrons. The molecule has 1 fully saturated rings. The minimum atomic E-state index is -0.811. The molecule has 138 valence electrons. The molecule has 6 nitrogen and oxygen atoms in total. The molecule has 25 heavy (non-hydrogen) atoms. The van der Waals surface area contributed by atoms with Crippen LogP contribution in [0.15, 0.2) is 24.3 Å². The Hall–Kier alpha value is -2.08. The molecule has 1 aliphatic rings. The Morgan fingerprint density at radius 2 is 2.04 bits per heavy atom. The summed E-state index contributed by atoms with van der Waals surface area (Å²) >= 11 is 0. The van der Waals surface area contributed by atoms with Crippen molar-refractivity contribution in [3.05, 3.63) is 29.8 Å². The van der Waals surface area contributed by atoms with E-state index in [0.717, 1.165) is 24.2 Å². The highest BCUT2D eigenvalue weighted by Gasteiger charge is 2.25. The van der Waals surface area contributed by atoms with E-state index in [1.807, 2.05) is 48.0 Å². The molecule has 0 saturated carbocycles. The summed E-state index contributed by atoms with van der Waals surface area (Å²) in [5.74, 6) is 0.191. The van der Waals surface area contributed by atoms with Crippen LogP contribution < -0.4 is 4.74 Å². The predicted molar refractivity (Wildman–Crippen MR) is 95.8 cm³/mol. The number of carboxylic acid groups (broad SMARTS) is 1. The average molecular weight is 348 g/mol. The third-order valence-corrected chi connectivity index (χ3v) is 4.62. The van der Waals surface area contributed by atoms with Crippen LogP contribution in [0.5, 0.6) is 5.75 Å². The Balaban J connectivity index is 1.64. The molecule has 1 amide bonds. The number of aryl methyl sites for hydroxylation is 1. The maximum absolute atomic E-state index is 12.3. The maximum Gasteiger partial charge on any atom is 0.317 e. The van der Waals surface area contributed by atoms with Gasteiger partial charge in [-0.05, 0) is 50.9 Å². The summed E-state index contributed by atoms with van der Waals surface area (Å²) in [5.41, 5.74) is 1.16. The molecule has 0 atom stereocenters. The van der Waals surface area contributed by atoms with Crippen molar-refractivity contribution in [2.24, 2.45) is 0 Å². The highest BCUT2D eigenvalue weighted by atomic mass is 16.5. The topological polar surface area (TPSA) is 70.1 Å². The molecule has 0 aromatic heterocycles. The Morgan fingerprint density at radius 3 is 2.68 bits per heavy atom. The van der Waals surface area contributed by atoms with E-state index >= 15 is 0 Å². The number of amides is 1. The van der Waals surface area contributed by atoms with Crippen LogP contribution >= 0.6 is 0 Å². The lowest BCUT2D eigenvalue weighted by Gasteiger charge is -2.36. The van der Waals surface area contributed by atoms with E-state index in [9.17, 15) is 9.59 Å². The molecule has 0 aliphatic carbocycles. The second-order valence-corrected chi connectivity index (χ2v) is 6.69. The van der Waals surface area contributed by atoms with Crippen LogP contribution in [0, 0.1) is 6.92 Å². The summed E-state index contributed by atoms with van der Waals surface area (Å²) in [6.45, 7) is 4.01. The summed E-state index contributed by atoms with van der Waals surface area (Å²) < 4.78 is 5.68. The number of ether oxygens (including phenoxy) is 1. The van der Waals surface area contributed by atoms with Crippen LogP contribution in [0.4, 0.5) is 0 Å². The molecule has 2 rings (SSSR count). The number of benzene rings is 1. The highest BCUT2D eigenvalue weighted by Crippen LogP contribution is 2.17. The van der Waals surface area contributed by atoms with Gasteiger partial charge >= 0.3 is 5.97 Å². The summed E-state index contributed by atoms with van der Waals surface area (Å²) in [7, 11) is 1.83. The Kier molecular flexibility index (Phi) is 7.25. The minimum Gasteiger partial charge on any atom is -0.494 e. The first-order chi connectivity index (χ1) is 12.0. The molecular formula is C19H28N2O4. The smallest absolute Gasteiger partial charge is 0.317 e. The zero-order chi connectivity index (χ0) is 18.2. The molecule has 1 heterocycles. The molecule has 1 saturated heterocycles. The average Bonchev–Trinajstić information content (AvgIpc) is 2.58. The van der Waals surface area contributed by atoms with Crippen molar-refractivity contribution in [2.75, 3.05) is 33.3 Å². The number of hydrogen-bond donors (Lipinski definition) is 1. The van der Waals surface area contributed by atoms with Crippen LogP contribution in [0.2, 0.25) is 0 Å². The quantitative estimate of drug-likeness (QED) is 0.729. The van der Waals surface area contributed by atoms with Crippen molar-refractivity contribution in [2.45, 2.75) is 38.6 Å². The van der Waals surface area contributed by atoms with E-state index in [-0.39, 0.29) is 18.5 Å². The van der Waals surface area contributed by atoms with Crippen LogP contribution in [-0.2, 0) is 9.59 Å². The zero-order valence-corrected chi connectivity index (χ0v) is 15.1. The van der Waals surface area contributed by atoms with Gasteiger partial charge in [-0.2, -0.15) is 0 Å². The second-order valence-electron chi connectivity index (χ2n) is 6.69. The molecule has 1 aliphatic heterocycles. The third kappa shape index (κ3) is 6.38. The van der Waals surface area contributed by atoms with Gasteiger partial charge in [-0.1, -0.05) is 12.1 Å². The van der Waals surface area contributed by atoms with E-state index in [2.05, 4.69) is 0 Å². The number of nitrogens with zero attached hydrogens (tertiary/aromatic N) is 2. The Bertz CT molecular complexity index is 583. The van der Waals surface area contributed by atoms with Crippen molar-refractivity contribution < 1.29 is 19.4 Å². The summed E-state index contributed by atoms with van der Waals surface area (Å²) in [4.78, 5) is 26.8. The fourth-order valence-electron chi connectivity index (χ4n) is 3.18. The summed E-state index contributed by atoms with van der Waals surface area (Å²) in [6, 6.07) is 8.13. The molecule has 1 N–H and O–H groups in total. The molecular weight excluding hydrogens is 320 g/mol. The van der Waals surface area contributed by atoms with Crippen LogP contribution in [0.1, 0.15) is 31.2 Å². The van der Waals surface area contributed by atoms with Crippen LogP contribution in [0.25, 0.3) is 0 Å². The van der Waals surface area contributed by atoms with Crippen molar-refractivity contribution in [3.8, 4) is 5.75 Å². The van der Waals surface area contributed by atoms with Crippen LogP contribution in [-0.4, -0.2) is 66.1 Å². The second kappa shape index (κ2) is 9.42. The molecule has 6 heteroatoms. The lowest BCUT2D eigenvalue weighted by Crippen LogP contribution is -2.46. The first-order valence-corrected chi connectivity index (χ1v) is 8.85. The first kappa shape index (κ1) is 19.2. The number of carbonyl (C=O) groups excluding carboxylic acids is 1. The van der Waals surface area contributed by atoms with Gasteiger partial charge in [-0.15, -0.1) is 0 Å². The number of carbonyl (C=O) groups is 2. The van der Waals surface area contributed by atoms with Crippen molar-refractivity contribution in [3.63, 3.8) is 0 Å². The van der Waals surface area contributed by atoms with Gasteiger partial charge in [0.05, 0.1) is 13.2 Å². The molecule has 1 aromatic carbocycles. The van der Waals surface area contributed by atoms with E-state index < -0.39 is 5.97 Å². The number of likely N-dealkylation sites (N-methyl/N-ethyl adjacent to an activating group) is 1. The number of piperidine rings is 1. The standard InChI is InChI=1S/C19H28N2O4/c1-15-5-3-6-17(13-15)25-12-4-7-18(22)21-10-8-16(9-11-21)20(2)14-19(23)24/h3,5-6,13,16H,4,7-12,14H2,1-2H3,(H,23,24). The lowest BCUT2D eigenvalue weighted by atomic mass is 10.0. The van der Waals surface area contributed by atoms with Gasteiger partial charge in [0.25, 0.3) is 0 Å². The Labute approximate surface area is 149 Å². The monoisotopic (exact) mass is 348 g/mol. The fourth-order valence-corrected chi connectivity index (χ4v) is 3.18. The molecule has 0 unspecified atom stereocenters. The van der Waals surface area contributed by atoms with Crippen LogP contribution in [0.3, 0.4) is 0 Å². The summed E-state index contributed by atoms with van der Waals surface area (Å²) in [5, 5.41) is 8.85. The van der Waals surface area contributed by atoms with Gasteiger partial charge in [0, 0.05) is 25.6 Å². The Morgan fingerprint density at radius 1 is 1.32 bits per heavy atom. The SMILES string of the molecule is Cc1cccc(OCCCC(=O)N2CCC(N(C)CC(=O)O)CC2)c1. The first-order valence-electron chi connectivity index (χ1n) is 8.85. The van der Waals surface area contributed by atoms with Crippen molar-refractivity contribution in [1.82, 2.24) is 9.80 Å². The van der Waals surface area contributed by atoms with Gasteiger partial charge < -0.3 is 14.7 Å². The highest BCUT2D eigenvalue weighted by molar-refractivity contribution is 5.76. The van der Waals surface area contributed by atoms with Gasteiger partial charge in [0.1, 0.15) is 5.75 Å². The zero-order valence-electron chi connectivity index (χ0n) is 15.1. The molecule has 0 bridgehead atoms. The number of aliphatic carboxylic acids is 1. The van der Waals surface area contributed by atoms with Gasteiger partial charge in [0.15, 0.2) is 0 Å². The minimum absolute atomic E-state index is 0.0505. The number of likely N-dealkylation sites (tertiary alicyclic amines) is 1. The maximum atomic E-state index is 12.3. The third-order valence-electron chi connectivity index (χ3n) is 4.62. The largest absolute Gasteiger partial charge is 0.494 e. The number of hydrogen-bond acceptors (Lipinski definition) is 4. The van der Waals surface area contributed by atoms with E-state index in [0.29, 0.717) is 32.5 Å². The lowest BCUT2D eigenvalue weighted by molar-refractivity contribution is -0.139. The molecule has 1 aromatic rings. The van der Waals surface area contributed by atoms with E-state index in [1.165, 1.54) is 0 Å². The normalized spacial score (nSPS) is 15.4. The van der Waals surface area contributed by atoms with Crippen molar-refractivity contribution in [1.29, 1.82) is 0 Å². The number of rotatable bonds is 8. The molecule has 0 spiro atoms. The van der Waals surface area contributed by atoms with Gasteiger partial charge in [-0.3, -0.25) is 14.5 Å². The summed E-state index contributed by atoms with van der Waals surface area (Å²) in [6.07, 6.45) is 2.84.